The van der Waals surface area contributed by atoms with Crippen LogP contribution in [0.5, 0.6) is 0 Å². The molecule has 29 heavy (non-hydrogen) atoms. The quantitative estimate of drug-likeness (QED) is 0.264. The van der Waals surface area contributed by atoms with E-state index in [1.807, 2.05) is 5.57 Å². The fourth-order valence-corrected chi connectivity index (χ4v) is 10.5. The Hall–Kier alpha value is 0.593. The summed E-state index contributed by atoms with van der Waals surface area (Å²) in [6.45, 7) is 0. The molecule has 0 N–H and O–H groups in total. The first-order valence-corrected chi connectivity index (χ1v) is 17.7. The average Bonchev–Trinajstić information content (AvgIpc) is 2.78. The van der Waals surface area contributed by atoms with E-state index in [1.165, 1.54) is 69.8 Å². The van der Waals surface area contributed by atoms with Gasteiger partial charge in [-0.3, -0.25) is 0 Å². The topological polar surface area (TPSA) is 0 Å². The first-order chi connectivity index (χ1) is 14.3. The summed E-state index contributed by atoms with van der Waals surface area (Å²) < 4.78 is 0. The van der Waals surface area contributed by atoms with E-state index < -0.39 is 0 Å². The first kappa shape index (κ1) is 24.2. The normalized spacial score (nSPS) is 25.8. The second kappa shape index (κ2) is 13.9. The molecule has 0 bridgehead atoms. The van der Waals surface area contributed by atoms with Crippen LogP contribution in [0.15, 0.2) is 35.9 Å². The molecule has 0 amide bonds. The molecular weight excluding hydrogens is 503 g/mol. The Morgan fingerprint density at radius 3 is 1.79 bits per heavy atom. The van der Waals surface area contributed by atoms with Crippen LogP contribution >= 0.6 is 27.3 Å². The van der Waals surface area contributed by atoms with Crippen molar-refractivity contribution in [2.24, 2.45) is 0 Å². The van der Waals surface area contributed by atoms with Crippen LogP contribution in [0.1, 0.15) is 95.5 Å². The number of hydrogen-bond acceptors (Lipinski definition) is 0. The second-order valence-corrected chi connectivity index (χ2v) is 14.6. The molecular formula is C25H37Cl2PRu. The van der Waals surface area contributed by atoms with Gasteiger partial charge < -0.3 is 0 Å². The molecule has 0 saturated heterocycles. The Morgan fingerprint density at radius 2 is 1.24 bits per heavy atom. The predicted molar refractivity (Wildman–Crippen MR) is 129 cm³/mol. The van der Waals surface area contributed by atoms with Crippen LogP contribution < -0.4 is 0 Å². The number of rotatable bonds is 4. The fraction of sp³-hybridized carbons (Fsp3) is 0.680. The molecule has 0 radical (unpaired) electrons. The molecule has 4 rings (SSSR count). The molecule has 0 heterocycles. The SMILES string of the molecule is C(=C1CCCCC1P(C1CCCCC1)C1CCCCC1)c1ccccc1.[Cl][Ru][Cl]. The van der Waals surface area contributed by atoms with Gasteiger partial charge in [0.25, 0.3) is 0 Å². The van der Waals surface area contributed by atoms with Crippen LogP contribution in [-0.2, 0) is 15.1 Å². The zero-order valence-electron chi connectivity index (χ0n) is 17.7. The Bertz CT molecular complexity index is 576. The van der Waals surface area contributed by atoms with Gasteiger partial charge in [-0.05, 0) is 61.8 Å². The van der Waals surface area contributed by atoms with Crippen molar-refractivity contribution < 1.29 is 15.1 Å². The van der Waals surface area contributed by atoms with Gasteiger partial charge in [0.05, 0.1) is 0 Å². The van der Waals surface area contributed by atoms with Crippen LogP contribution in [0, 0.1) is 0 Å². The molecule has 0 aromatic heterocycles. The summed E-state index contributed by atoms with van der Waals surface area (Å²) in [5, 5.41) is 0. The second-order valence-electron chi connectivity index (χ2n) is 8.97. The third-order valence-electron chi connectivity index (χ3n) is 7.13. The number of hydrogen-bond donors (Lipinski definition) is 0. The van der Waals surface area contributed by atoms with Crippen molar-refractivity contribution in [3.8, 4) is 0 Å². The van der Waals surface area contributed by atoms with Crippen molar-refractivity contribution in [1.82, 2.24) is 0 Å². The summed E-state index contributed by atoms with van der Waals surface area (Å²) in [6, 6.07) is 11.2. The minimum atomic E-state index is -0.346. The fourth-order valence-electron chi connectivity index (χ4n) is 5.86. The van der Waals surface area contributed by atoms with Gasteiger partial charge in [-0.1, -0.05) is 94.8 Å². The molecule has 3 aliphatic rings. The van der Waals surface area contributed by atoms with E-state index in [4.69, 9.17) is 19.4 Å². The van der Waals surface area contributed by atoms with Gasteiger partial charge in [0.2, 0.25) is 0 Å². The zero-order valence-corrected chi connectivity index (χ0v) is 21.8. The third kappa shape index (κ3) is 7.60. The van der Waals surface area contributed by atoms with Crippen molar-refractivity contribution in [3.05, 3.63) is 41.5 Å². The van der Waals surface area contributed by atoms with Gasteiger partial charge in [-0.15, -0.1) is 0 Å². The van der Waals surface area contributed by atoms with E-state index in [0.29, 0.717) is 0 Å². The van der Waals surface area contributed by atoms with Gasteiger partial charge in [-0.25, -0.2) is 0 Å². The van der Waals surface area contributed by atoms with Crippen LogP contribution in [0.2, 0.25) is 0 Å². The molecule has 4 heteroatoms. The van der Waals surface area contributed by atoms with Crippen molar-refractivity contribution in [1.29, 1.82) is 0 Å². The molecule has 1 atom stereocenters. The van der Waals surface area contributed by atoms with Crippen molar-refractivity contribution >= 4 is 33.4 Å². The molecule has 1 aromatic carbocycles. The van der Waals surface area contributed by atoms with Crippen LogP contribution in [0.25, 0.3) is 6.08 Å². The molecule has 0 nitrogen and oxygen atoms in total. The number of allylic oxidation sites excluding steroid dienone is 1. The molecule has 164 valence electrons. The molecule has 3 fully saturated rings. The van der Waals surface area contributed by atoms with E-state index in [1.54, 1.807) is 25.7 Å². The maximum atomic E-state index is 4.85. The summed E-state index contributed by atoms with van der Waals surface area (Å²) in [5.41, 5.74) is 6.40. The van der Waals surface area contributed by atoms with Gasteiger partial charge in [0, 0.05) is 5.66 Å². The van der Waals surface area contributed by atoms with Gasteiger partial charge in [0.1, 0.15) is 0 Å². The van der Waals surface area contributed by atoms with Crippen LogP contribution in [0.4, 0.5) is 0 Å². The molecule has 3 aliphatic carbocycles. The van der Waals surface area contributed by atoms with E-state index in [9.17, 15) is 0 Å². The van der Waals surface area contributed by atoms with E-state index >= 15 is 0 Å². The summed E-state index contributed by atoms with van der Waals surface area (Å²) >= 11 is -0.346. The van der Waals surface area contributed by atoms with Crippen molar-refractivity contribution in [2.45, 2.75) is 107 Å². The van der Waals surface area contributed by atoms with Crippen LogP contribution in [-0.4, -0.2) is 17.0 Å². The monoisotopic (exact) mass is 540 g/mol. The number of halogens is 2. The third-order valence-corrected chi connectivity index (χ3v) is 11.2. The molecule has 1 unspecified atom stereocenters. The Labute approximate surface area is 196 Å². The van der Waals surface area contributed by atoms with Gasteiger partial charge in [0.15, 0.2) is 0 Å². The summed E-state index contributed by atoms with van der Waals surface area (Å²) in [7, 11) is 9.89. The van der Waals surface area contributed by atoms with E-state index in [0.717, 1.165) is 17.0 Å². The molecule has 1 aromatic rings. The summed E-state index contributed by atoms with van der Waals surface area (Å²) in [4.78, 5) is 0. The van der Waals surface area contributed by atoms with Crippen molar-refractivity contribution in [3.63, 3.8) is 0 Å². The molecule has 0 spiro atoms. The van der Waals surface area contributed by atoms with E-state index in [-0.39, 0.29) is 23.1 Å². The Kier molecular flexibility index (Phi) is 11.6. The summed E-state index contributed by atoms with van der Waals surface area (Å²) in [6.07, 6.45) is 23.7. The molecule has 3 saturated carbocycles. The Morgan fingerprint density at radius 1 is 0.724 bits per heavy atom. The first-order valence-electron chi connectivity index (χ1n) is 11.7. The zero-order chi connectivity index (χ0) is 20.3. The predicted octanol–water partition coefficient (Wildman–Crippen LogP) is 9.54. The van der Waals surface area contributed by atoms with Crippen LogP contribution in [0.3, 0.4) is 0 Å². The standard InChI is InChI=1S/C25H37P.2ClH.Ru/c1-4-12-21(13-5-1)20-22-14-10-11-19-25(22)26(23-15-6-2-7-16-23)24-17-8-3-9-18-24;;;/h1,4-5,12-13,20,23-25H,2-3,6-11,14-19H2;2*1H;/q;;;+2/p-2. The number of benzene rings is 1. The summed E-state index contributed by atoms with van der Waals surface area (Å²) in [5.74, 6) is 0. The van der Waals surface area contributed by atoms with Gasteiger partial charge in [-0.2, -0.15) is 0 Å². The molecule has 0 aliphatic heterocycles. The van der Waals surface area contributed by atoms with Crippen molar-refractivity contribution in [2.75, 3.05) is 0 Å². The van der Waals surface area contributed by atoms with E-state index in [2.05, 4.69) is 36.4 Å². The maximum absolute atomic E-state index is 4.85. The van der Waals surface area contributed by atoms with Gasteiger partial charge >= 0.3 is 34.5 Å². The average molecular weight is 541 g/mol. The minimum absolute atomic E-state index is 0.181. The Balaban J connectivity index is 0.000000755.